The van der Waals surface area contributed by atoms with Gasteiger partial charge in [0.25, 0.3) is 0 Å². The number of aliphatic hydroxyl groups excluding tert-OH is 1. The second kappa shape index (κ2) is 7.49. The molecule has 5 nitrogen and oxygen atoms in total. The Hall–Kier alpha value is -3.50. The van der Waals surface area contributed by atoms with Crippen molar-refractivity contribution in [2.24, 2.45) is 0 Å². The summed E-state index contributed by atoms with van der Waals surface area (Å²) in [6.45, 7) is 2.22. The highest BCUT2D eigenvalue weighted by atomic mass is 32.1. The lowest BCUT2D eigenvalue weighted by atomic mass is 10.1. The van der Waals surface area contributed by atoms with Crippen LogP contribution in [0.3, 0.4) is 0 Å². The first-order valence-electron chi connectivity index (χ1n) is 8.97. The summed E-state index contributed by atoms with van der Waals surface area (Å²) in [6.07, 6.45) is 0. The molecule has 2 aromatic carbocycles. The van der Waals surface area contributed by atoms with Crippen LogP contribution in [-0.2, 0) is 6.54 Å². The second-order valence-electron chi connectivity index (χ2n) is 6.77. The molecular weight excluding hydrogens is 387 g/mol. The van der Waals surface area contributed by atoms with Crippen molar-refractivity contribution < 1.29 is 9.50 Å². The second-order valence-corrected chi connectivity index (χ2v) is 7.62. The summed E-state index contributed by atoms with van der Waals surface area (Å²) < 4.78 is 13.2. The number of hydrogen-bond donors (Lipinski definition) is 2. The molecule has 0 bridgehead atoms. The van der Waals surface area contributed by atoms with E-state index in [-0.39, 0.29) is 23.5 Å². The zero-order valence-corrected chi connectivity index (χ0v) is 16.4. The molecule has 0 saturated carbocycles. The number of aromatic nitrogens is 1. The first-order valence-corrected chi connectivity index (χ1v) is 9.85. The Balaban J connectivity index is 1.59. The minimum atomic E-state index is -0.371. The van der Waals surface area contributed by atoms with E-state index < -0.39 is 0 Å². The molecular formula is C22H17FN4OS. The standard InChI is InChI=1S/C22H17FN4OS/c1-13-20(28)19(21(25)27(13)11-15-4-8-17(23)9-5-15)22-26-18(12-29-22)16-6-2-14(10-24)3-7-16/h2-9,12-13,25,28H,11H2,1H3/t13-/m0/s1. The summed E-state index contributed by atoms with van der Waals surface area (Å²) in [6, 6.07) is 15.0. The molecule has 2 N–H and O–H groups in total. The van der Waals surface area contributed by atoms with Crippen molar-refractivity contribution in [2.45, 2.75) is 19.5 Å². The molecule has 0 amide bonds. The summed E-state index contributed by atoms with van der Waals surface area (Å²) >= 11 is 1.36. The molecule has 1 aliphatic rings. The van der Waals surface area contributed by atoms with Gasteiger partial charge in [-0.25, -0.2) is 9.37 Å². The van der Waals surface area contributed by atoms with Gasteiger partial charge in [-0.05, 0) is 36.8 Å². The van der Waals surface area contributed by atoms with E-state index in [4.69, 9.17) is 10.7 Å². The number of halogens is 1. The molecule has 0 spiro atoms. The predicted molar refractivity (Wildman–Crippen MR) is 111 cm³/mol. The molecule has 0 unspecified atom stereocenters. The number of hydrogen-bond acceptors (Lipinski definition) is 5. The number of aliphatic hydroxyl groups is 1. The SMILES string of the molecule is C[C@H]1C(O)=C(c2nc(-c3ccc(C#N)cc3)cs2)C(=N)N1Cc1ccc(F)cc1. The van der Waals surface area contributed by atoms with Crippen LogP contribution in [0.15, 0.2) is 59.7 Å². The third-order valence-corrected chi connectivity index (χ3v) is 5.80. The van der Waals surface area contributed by atoms with Gasteiger partial charge in [-0.15, -0.1) is 11.3 Å². The molecule has 1 aliphatic heterocycles. The lowest BCUT2D eigenvalue weighted by molar-refractivity contribution is 0.281. The smallest absolute Gasteiger partial charge is 0.135 e. The topological polar surface area (TPSA) is 84.0 Å². The highest BCUT2D eigenvalue weighted by Gasteiger charge is 2.36. The Kier molecular flexibility index (Phi) is 4.87. The minimum Gasteiger partial charge on any atom is -0.509 e. The van der Waals surface area contributed by atoms with Crippen molar-refractivity contribution in [3.63, 3.8) is 0 Å². The Morgan fingerprint density at radius 3 is 2.55 bits per heavy atom. The molecule has 4 rings (SSSR count). The summed E-state index contributed by atoms with van der Waals surface area (Å²) in [5.41, 5.74) is 3.45. The molecule has 3 aromatic rings. The Bertz CT molecular complexity index is 1140. The zero-order valence-electron chi connectivity index (χ0n) is 15.6. The van der Waals surface area contributed by atoms with Crippen LogP contribution in [0.1, 0.15) is 23.1 Å². The largest absolute Gasteiger partial charge is 0.509 e. The molecule has 7 heteroatoms. The van der Waals surface area contributed by atoms with Crippen molar-refractivity contribution in [2.75, 3.05) is 0 Å². The van der Waals surface area contributed by atoms with Gasteiger partial charge in [-0.1, -0.05) is 24.3 Å². The summed E-state index contributed by atoms with van der Waals surface area (Å²) in [7, 11) is 0. The number of amidine groups is 1. The number of nitrogens with one attached hydrogen (secondary N) is 1. The predicted octanol–water partition coefficient (Wildman–Crippen LogP) is 4.97. The molecule has 0 radical (unpaired) electrons. The van der Waals surface area contributed by atoms with Crippen LogP contribution in [0, 0.1) is 22.6 Å². The van der Waals surface area contributed by atoms with Crippen molar-refractivity contribution in [3.05, 3.63) is 81.6 Å². The average Bonchev–Trinajstić information content (AvgIpc) is 3.29. The summed E-state index contributed by atoms with van der Waals surface area (Å²) in [5.74, 6) is -0.00373. The number of rotatable bonds is 4. The maximum absolute atomic E-state index is 13.2. The lowest BCUT2D eigenvalue weighted by Crippen LogP contribution is -2.32. The molecule has 2 heterocycles. The van der Waals surface area contributed by atoms with E-state index in [0.29, 0.717) is 22.7 Å². The average molecular weight is 404 g/mol. The van der Waals surface area contributed by atoms with E-state index >= 15 is 0 Å². The van der Waals surface area contributed by atoms with Gasteiger partial charge >= 0.3 is 0 Å². The molecule has 0 aliphatic carbocycles. The Labute approximate surface area is 171 Å². The van der Waals surface area contributed by atoms with E-state index in [9.17, 15) is 9.50 Å². The number of nitrogens with zero attached hydrogens (tertiary/aromatic N) is 3. The molecule has 144 valence electrons. The minimum absolute atomic E-state index is 0.109. The van der Waals surface area contributed by atoms with E-state index in [1.807, 2.05) is 24.4 Å². The van der Waals surface area contributed by atoms with E-state index in [0.717, 1.165) is 16.8 Å². The van der Waals surface area contributed by atoms with E-state index in [1.165, 1.54) is 23.5 Å². The van der Waals surface area contributed by atoms with Crippen molar-refractivity contribution in [1.82, 2.24) is 9.88 Å². The molecule has 29 heavy (non-hydrogen) atoms. The van der Waals surface area contributed by atoms with Crippen LogP contribution < -0.4 is 0 Å². The van der Waals surface area contributed by atoms with Crippen LogP contribution in [0.5, 0.6) is 0 Å². The highest BCUT2D eigenvalue weighted by molar-refractivity contribution is 7.11. The first-order chi connectivity index (χ1) is 14.0. The number of thiazole rings is 1. The van der Waals surface area contributed by atoms with Crippen LogP contribution in [0.2, 0.25) is 0 Å². The summed E-state index contributed by atoms with van der Waals surface area (Å²) in [5, 5.41) is 30.6. The van der Waals surface area contributed by atoms with E-state index in [1.54, 1.807) is 29.2 Å². The maximum Gasteiger partial charge on any atom is 0.135 e. The zero-order chi connectivity index (χ0) is 20.5. The van der Waals surface area contributed by atoms with Gasteiger partial charge in [0.2, 0.25) is 0 Å². The van der Waals surface area contributed by atoms with Crippen LogP contribution in [-0.4, -0.2) is 26.9 Å². The third-order valence-electron chi connectivity index (χ3n) is 4.94. The highest BCUT2D eigenvalue weighted by Crippen LogP contribution is 2.35. The number of nitriles is 1. The normalized spacial score (nSPS) is 16.4. The molecule has 1 atom stereocenters. The fourth-order valence-electron chi connectivity index (χ4n) is 3.27. The van der Waals surface area contributed by atoms with Gasteiger partial charge in [0, 0.05) is 17.5 Å². The fourth-order valence-corrected chi connectivity index (χ4v) is 4.15. The summed E-state index contributed by atoms with van der Waals surface area (Å²) in [4.78, 5) is 6.37. The monoisotopic (exact) mass is 404 g/mol. The van der Waals surface area contributed by atoms with Crippen LogP contribution in [0.25, 0.3) is 16.8 Å². The van der Waals surface area contributed by atoms with E-state index in [2.05, 4.69) is 11.1 Å². The Morgan fingerprint density at radius 1 is 1.21 bits per heavy atom. The number of benzene rings is 2. The van der Waals surface area contributed by atoms with Crippen molar-refractivity contribution in [1.29, 1.82) is 10.7 Å². The third kappa shape index (κ3) is 3.50. The van der Waals surface area contributed by atoms with Crippen molar-refractivity contribution >= 4 is 22.7 Å². The lowest BCUT2D eigenvalue weighted by Gasteiger charge is -2.24. The molecule has 0 saturated heterocycles. The van der Waals surface area contributed by atoms with Gasteiger partial charge in [0.1, 0.15) is 22.4 Å². The quantitative estimate of drug-likeness (QED) is 0.643. The Morgan fingerprint density at radius 2 is 1.90 bits per heavy atom. The first kappa shape index (κ1) is 18.8. The molecule has 0 fully saturated rings. The van der Waals surface area contributed by atoms with Crippen LogP contribution in [0.4, 0.5) is 4.39 Å². The molecule has 1 aromatic heterocycles. The fraction of sp³-hybridized carbons (Fsp3) is 0.136. The van der Waals surface area contributed by atoms with Gasteiger partial charge in [-0.3, -0.25) is 5.41 Å². The van der Waals surface area contributed by atoms with Crippen molar-refractivity contribution in [3.8, 4) is 17.3 Å². The van der Waals surface area contributed by atoms with Gasteiger partial charge < -0.3 is 10.0 Å². The van der Waals surface area contributed by atoms with Crippen LogP contribution >= 0.6 is 11.3 Å². The maximum atomic E-state index is 13.2. The van der Waals surface area contributed by atoms with Gasteiger partial charge in [-0.2, -0.15) is 5.26 Å². The van der Waals surface area contributed by atoms with Gasteiger partial charge in [0.05, 0.1) is 28.9 Å². The van der Waals surface area contributed by atoms with Gasteiger partial charge in [0.15, 0.2) is 0 Å².